The number of hydrogen-bond donors (Lipinski definition) is 1. The summed E-state index contributed by atoms with van der Waals surface area (Å²) in [5.74, 6) is -1.19. The van der Waals surface area contributed by atoms with Crippen molar-refractivity contribution in [1.29, 1.82) is 0 Å². The Morgan fingerprint density at radius 2 is 2.19 bits per heavy atom. The number of carbonyl (C=O) groups excluding carboxylic acids is 1. The molecule has 0 aromatic heterocycles. The summed E-state index contributed by atoms with van der Waals surface area (Å²) in [5, 5.41) is 9.05. The number of thioether (sulfide) groups is 1. The van der Waals surface area contributed by atoms with Gasteiger partial charge in [-0.3, -0.25) is 4.79 Å². The first kappa shape index (κ1) is 13.9. The summed E-state index contributed by atoms with van der Waals surface area (Å²) in [5.41, 5.74) is 0. The van der Waals surface area contributed by atoms with E-state index in [9.17, 15) is 9.59 Å². The highest BCUT2D eigenvalue weighted by Gasteiger charge is 2.49. The molecular weight excluding hydrogens is 273 g/mol. The summed E-state index contributed by atoms with van der Waals surface area (Å²) in [7, 11) is 0. The van der Waals surface area contributed by atoms with Gasteiger partial charge >= 0.3 is 5.97 Å². The molecule has 2 unspecified atom stereocenters. The normalized spacial score (nSPS) is 29.8. The van der Waals surface area contributed by atoms with Crippen LogP contribution in [0.5, 0.6) is 0 Å². The van der Waals surface area contributed by atoms with E-state index in [-0.39, 0.29) is 0 Å². The molecule has 0 aromatic rings. The lowest BCUT2D eigenvalue weighted by Crippen LogP contribution is -2.52. The fourth-order valence-corrected chi connectivity index (χ4v) is 3.26. The van der Waals surface area contributed by atoms with Crippen LogP contribution in [-0.4, -0.2) is 43.4 Å². The zero-order chi connectivity index (χ0) is 12.5. The fourth-order valence-electron chi connectivity index (χ4n) is 1.68. The minimum absolute atomic E-state index is 0.367. The van der Waals surface area contributed by atoms with Gasteiger partial charge in [0.2, 0.25) is 0 Å². The zero-order valence-electron chi connectivity index (χ0n) is 8.94. The topological polar surface area (TPSA) is 57.6 Å². The van der Waals surface area contributed by atoms with E-state index in [0.29, 0.717) is 12.2 Å². The second kappa shape index (κ2) is 5.02. The third-order valence-corrected chi connectivity index (χ3v) is 4.70. The molecule has 4 nitrogen and oxygen atoms in total. The molecule has 16 heavy (non-hydrogen) atoms. The second-order valence-electron chi connectivity index (χ2n) is 3.70. The first-order chi connectivity index (χ1) is 7.33. The van der Waals surface area contributed by atoms with Crippen LogP contribution in [0.25, 0.3) is 0 Å². The molecule has 1 aliphatic rings. The van der Waals surface area contributed by atoms with E-state index in [0.717, 1.165) is 0 Å². The molecule has 1 fully saturated rings. The van der Waals surface area contributed by atoms with E-state index in [1.165, 1.54) is 16.7 Å². The second-order valence-corrected chi connectivity index (χ2v) is 6.30. The predicted octanol–water partition coefficient (Wildman–Crippen LogP) is 1.94. The van der Waals surface area contributed by atoms with Crippen LogP contribution >= 0.6 is 35.0 Å². The van der Waals surface area contributed by atoms with Gasteiger partial charge < -0.3 is 10.0 Å². The van der Waals surface area contributed by atoms with Gasteiger partial charge in [-0.05, 0) is 13.3 Å². The number of hydrogen-bond acceptors (Lipinski definition) is 3. The van der Waals surface area contributed by atoms with Crippen LogP contribution in [0, 0.1) is 0 Å². The van der Waals surface area contributed by atoms with Crippen LogP contribution < -0.4 is 0 Å². The maximum atomic E-state index is 11.8. The first-order valence-corrected chi connectivity index (χ1v) is 6.67. The van der Waals surface area contributed by atoms with Crippen molar-refractivity contribution in [1.82, 2.24) is 4.90 Å². The molecule has 1 N–H and O–H groups in total. The summed E-state index contributed by atoms with van der Waals surface area (Å²) in [6.45, 7) is 3.73. The molecule has 1 saturated heterocycles. The zero-order valence-corrected chi connectivity index (χ0v) is 11.3. The van der Waals surface area contributed by atoms with Crippen molar-refractivity contribution in [2.24, 2.45) is 0 Å². The molecule has 92 valence electrons. The molecule has 2 atom stereocenters. The van der Waals surface area contributed by atoms with Crippen molar-refractivity contribution < 1.29 is 14.7 Å². The molecule has 0 aliphatic carbocycles. The number of nitrogens with zero attached hydrogens (tertiary/aromatic N) is 1. The van der Waals surface area contributed by atoms with Crippen LogP contribution in [0.1, 0.15) is 20.3 Å². The molecule has 1 heterocycles. The number of carboxylic acid groups (broad SMARTS) is 1. The maximum absolute atomic E-state index is 11.8. The fraction of sp³-hybridized carbons (Fsp3) is 0.778. The molecule has 0 spiro atoms. The van der Waals surface area contributed by atoms with E-state index in [1.807, 2.05) is 13.8 Å². The van der Waals surface area contributed by atoms with Crippen molar-refractivity contribution >= 4 is 46.8 Å². The van der Waals surface area contributed by atoms with Gasteiger partial charge in [0.1, 0.15) is 6.04 Å². The summed E-state index contributed by atoms with van der Waals surface area (Å²) < 4.78 is 0. The number of amides is 1. The minimum Gasteiger partial charge on any atom is -0.480 e. The molecular formula is C9H13Cl2NO3S. The van der Waals surface area contributed by atoms with Crippen molar-refractivity contribution in [3.8, 4) is 0 Å². The molecule has 0 bridgehead atoms. The Balaban J connectivity index is 3.03. The predicted molar refractivity (Wildman–Crippen MR) is 64.9 cm³/mol. The van der Waals surface area contributed by atoms with Crippen LogP contribution in [0.3, 0.4) is 0 Å². The van der Waals surface area contributed by atoms with Crippen LogP contribution in [-0.2, 0) is 9.59 Å². The third-order valence-electron chi connectivity index (χ3n) is 2.74. The SMILES string of the molecule is CCC1(C)SCC(C(=O)O)N1C(=O)C(Cl)Cl. The van der Waals surface area contributed by atoms with E-state index in [1.54, 1.807) is 0 Å². The Kier molecular flexibility index (Phi) is 4.37. The van der Waals surface area contributed by atoms with Crippen molar-refractivity contribution in [3.05, 3.63) is 0 Å². The number of carbonyl (C=O) groups is 2. The lowest BCUT2D eigenvalue weighted by atomic mass is 10.1. The van der Waals surface area contributed by atoms with Crippen LogP contribution in [0.4, 0.5) is 0 Å². The Labute approximate surface area is 108 Å². The molecule has 0 saturated carbocycles. The van der Waals surface area contributed by atoms with E-state index in [2.05, 4.69) is 0 Å². The Hall–Kier alpha value is -0.130. The van der Waals surface area contributed by atoms with Gasteiger partial charge in [0, 0.05) is 5.75 Å². The maximum Gasteiger partial charge on any atom is 0.327 e. The molecule has 7 heteroatoms. The lowest BCUT2D eigenvalue weighted by Gasteiger charge is -2.35. The summed E-state index contributed by atoms with van der Waals surface area (Å²) in [4.78, 5) is 22.4. The number of carboxylic acids is 1. The van der Waals surface area contributed by atoms with Crippen molar-refractivity contribution in [3.63, 3.8) is 0 Å². The molecule has 0 radical (unpaired) electrons. The largest absolute Gasteiger partial charge is 0.480 e. The highest BCUT2D eigenvalue weighted by molar-refractivity contribution is 8.00. The number of aliphatic carboxylic acids is 1. The molecule has 1 amide bonds. The lowest BCUT2D eigenvalue weighted by molar-refractivity contribution is -0.150. The number of rotatable bonds is 3. The number of halogens is 2. The summed E-state index contributed by atoms with van der Waals surface area (Å²) in [6.07, 6.45) is 0.647. The summed E-state index contributed by atoms with van der Waals surface area (Å²) in [6, 6.07) is -0.845. The van der Waals surface area contributed by atoms with Crippen molar-refractivity contribution in [2.75, 3.05) is 5.75 Å². The smallest absolute Gasteiger partial charge is 0.327 e. The molecule has 0 aromatic carbocycles. The summed E-state index contributed by atoms with van der Waals surface area (Å²) >= 11 is 12.5. The minimum atomic E-state index is -1.22. The highest BCUT2D eigenvalue weighted by atomic mass is 35.5. The van der Waals surface area contributed by atoms with Crippen LogP contribution in [0.2, 0.25) is 0 Å². The van der Waals surface area contributed by atoms with Crippen molar-refractivity contribution in [2.45, 2.75) is 36.0 Å². The third kappa shape index (κ3) is 2.41. The Bertz CT molecular complexity index is 313. The van der Waals surface area contributed by atoms with E-state index in [4.69, 9.17) is 28.3 Å². The van der Waals surface area contributed by atoms with Gasteiger partial charge in [-0.15, -0.1) is 11.8 Å². The Morgan fingerprint density at radius 3 is 2.56 bits per heavy atom. The van der Waals surface area contributed by atoms with Gasteiger partial charge in [-0.2, -0.15) is 0 Å². The van der Waals surface area contributed by atoms with Gasteiger partial charge in [-0.25, -0.2) is 4.79 Å². The van der Waals surface area contributed by atoms with Gasteiger partial charge in [-0.1, -0.05) is 30.1 Å². The molecule has 1 rings (SSSR count). The van der Waals surface area contributed by atoms with E-state index < -0.39 is 27.6 Å². The molecule has 1 aliphatic heterocycles. The van der Waals surface area contributed by atoms with E-state index >= 15 is 0 Å². The van der Waals surface area contributed by atoms with Gasteiger partial charge in [0.05, 0.1) is 4.87 Å². The highest BCUT2D eigenvalue weighted by Crippen LogP contribution is 2.42. The number of alkyl halides is 2. The Morgan fingerprint density at radius 1 is 1.62 bits per heavy atom. The van der Waals surface area contributed by atoms with Gasteiger partial charge in [0.25, 0.3) is 5.91 Å². The van der Waals surface area contributed by atoms with Crippen LogP contribution in [0.15, 0.2) is 0 Å². The van der Waals surface area contributed by atoms with Gasteiger partial charge in [0.15, 0.2) is 4.84 Å². The standard InChI is InChI=1S/C9H13Cl2NO3S/c1-3-9(2)12(7(13)6(10)11)5(4-16-9)8(14)15/h5-6H,3-4H2,1-2H3,(H,14,15). The average molecular weight is 286 g/mol. The average Bonchev–Trinajstić information content (AvgIpc) is 2.55. The quantitative estimate of drug-likeness (QED) is 0.806. The monoisotopic (exact) mass is 285 g/mol. The first-order valence-electron chi connectivity index (χ1n) is 4.81.